The molecule has 1 heterocycles. The van der Waals surface area contributed by atoms with Crippen LogP contribution in [-0.4, -0.2) is 15.5 Å². The van der Waals surface area contributed by atoms with Crippen molar-refractivity contribution in [2.45, 2.75) is 18.4 Å². The van der Waals surface area contributed by atoms with E-state index in [4.69, 9.17) is 0 Å². The molecule has 0 spiro atoms. The Morgan fingerprint density at radius 2 is 1.90 bits per heavy atom. The van der Waals surface area contributed by atoms with Gasteiger partial charge < -0.3 is 5.32 Å². The van der Waals surface area contributed by atoms with Crippen LogP contribution in [-0.2, 0) is 16.6 Å². The molecule has 21 heavy (non-hydrogen) atoms. The zero-order valence-electron chi connectivity index (χ0n) is 11.4. The highest BCUT2D eigenvalue weighted by atomic mass is 32.2. The normalized spacial score (nSPS) is 11.6. The van der Waals surface area contributed by atoms with E-state index in [1.807, 2.05) is 0 Å². The molecule has 0 aliphatic heterocycles. The molecule has 0 fully saturated rings. The van der Waals surface area contributed by atoms with Gasteiger partial charge in [-0.1, -0.05) is 0 Å². The van der Waals surface area contributed by atoms with Crippen molar-refractivity contribution in [1.82, 2.24) is 5.32 Å². The Balaban J connectivity index is 2.31. The van der Waals surface area contributed by atoms with Crippen molar-refractivity contribution in [2.24, 2.45) is 0 Å². The fourth-order valence-corrected chi connectivity index (χ4v) is 4.52. The summed E-state index contributed by atoms with van der Waals surface area (Å²) in [5.41, 5.74) is -0.0188. The molecule has 2 N–H and O–H groups in total. The van der Waals surface area contributed by atoms with E-state index < -0.39 is 21.7 Å². The van der Waals surface area contributed by atoms with E-state index in [1.54, 1.807) is 20.0 Å². The van der Waals surface area contributed by atoms with E-state index in [9.17, 15) is 17.2 Å². The molecule has 2 rings (SSSR count). The first kappa shape index (κ1) is 15.9. The van der Waals surface area contributed by atoms with Gasteiger partial charge in [-0.25, -0.2) is 17.2 Å². The SMILES string of the molecule is CNCc1cc(S(=O)(=O)Nc2ccc(F)c(F)c2)c(C)s1. The number of sulfonamides is 1. The lowest BCUT2D eigenvalue weighted by Gasteiger charge is -2.07. The second-order valence-corrected chi connectivity index (χ2v) is 7.39. The Labute approximate surface area is 125 Å². The number of rotatable bonds is 5. The highest BCUT2D eigenvalue weighted by Gasteiger charge is 2.20. The number of anilines is 1. The van der Waals surface area contributed by atoms with Gasteiger partial charge >= 0.3 is 0 Å². The first-order valence-corrected chi connectivity index (χ1v) is 8.35. The van der Waals surface area contributed by atoms with Gasteiger partial charge in [-0.2, -0.15) is 0 Å². The molecule has 0 unspecified atom stereocenters. The summed E-state index contributed by atoms with van der Waals surface area (Å²) in [4.78, 5) is 1.65. The number of hydrogen-bond donors (Lipinski definition) is 2. The lowest BCUT2D eigenvalue weighted by atomic mass is 10.3. The fourth-order valence-electron chi connectivity index (χ4n) is 1.82. The van der Waals surface area contributed by atoms with Gasteiger partial charge in [0.2, 0.25) is 0 Å². The minimum Gasteiger partial charge on any atom is -0.315 e. The summed E-state index contributed by atoms with van der Waals surface area (Å²) < 4.78 is 52.8. The van der Waals surface area contributed by atoms with Gasteiger partial charge in [-0.15, -0.1) is 11.3 Å². The zero-order valence-corrected chi connectivity index (χ0v) is 13.0. The lowest BCUT2D eigenvalue weighted by molar-refractivity contribution is 0.509. The van der Waals surface area contributed by atoms with Gasteiger partial charge in [-0.05, 0) is 32.2 Å². The Morgan fingerprint density at radius 1 is 1.19 bits per heavy atom. The topological polar surface area (TPSA) is 58.2 Å². The lowest BCUT2D eigenvalue weighted by Crippen LogP contribution is -2.13. The standard InChI is InChI=1S/C13H14F2N2O2S2/c1-8-13(6-10(20-8)7-16-2)21(18,19)17-9-3-4-11(14)12(15)5-9/h3-6,16-17H,7H2,1-2H3. The van der Waals surface area contributed by atoms with Gasteiger partial charge in [-0.3, -0.25) is 4.72 Å². The summed E-state index contributed by atoms with van der Waals surface area (Å²) in [7, 11) is -2.06. The molecule has 0 saturated heterocycles. The average Bonchev–Trinajstić information content (AvgIpc) is 2.76. The van der Waals surface area contributed by atoms with Crippen LogP contribution in [0, 0.1) is 18.6 Å². The molecule has 0 radical (unpaired) electrons. The van der Waals surface area contributed by atoms with Crippen LogP contribution in [0.2, 0.25) is 0 Å². The van der Waals surface area contributed by atoms with Gasteiger partial charge in [0.25, 0.3) is 10.0 Å². The number of nitrogens with one attached hydrogen (secondary N) is 2. The van der Waals surface area contributed by atoms with E-state index in [0.29, 0.717) is 11.4 Å². The number of halogens is 2. The van der Waals surface area contributed by atoms with Gasteiger partial charge in [0.15, 0.2) is 11.6 Å². The maximum atomic E-state index is 13.1. The minimum atomic E-state index is -3.83. The maximum absolute atomic E-state index is 13.1. The van der Waals surface area contributed by atoms with Crippen LogP contribution in [0.1, 0.15) is 9.75 Å². The molecule has 8 heteroatoms. The van der Waals surface area contributed by atoms with Crippen molar-refractivity contribution in [3.05, 3.63) is 45.7 Å². The summed E-state index contributed by atoms with van der Waals surface area (Å²) in [5.74, 6) is -2.13. The molecule has 2 aromatic rings. The predicted molar refractivity (Wildman–Crippen MR) is 79.0 cm³/mol. The molecule has 0 saturated carbocycles. The molecule has 0 aliphatic rings. The summed E-state index contributed by atoms with van der Waals surface area (Å²) in [5, 5.41) is 2.94. The van der Waals surface area contributed by atoms with Crippen LogP contribution in [0.3, 0.4) is 0 Å². The van der Waals surface area contributed by atoms with Crippen molar-refractivity contribution in [1.29, 1.82) is 0 Å². The molecular formula is C13H14F2N2O2S2. The fraction of sp³-hybridized carbons (Fsp3) is 0.231. The summed E-state index contributed by atoms with van der Waals surface area (Å²) in [6.45, 7) is 2.26. The Hall–Kier alpha value is -1.51. The van der Waals surface area contributed by atoms with E-state index in [2.05, 4.69) is 10.0 Å². The van der Waals surface area contributed by atoms with Crippen LogP contribution in [0.25, 0.3) is 0 Å². The highest BCUT2D eigenvalue weighted by Crippen LogP contribution is 2.27. The first-order chi connectivity index (χ1) is 9.83. The van der Waals surface area contributed by atoms with Crippen molar-refractivity contribution < 1.29 is 17.2 Å². The van der Waals surface area contributed by atoms with Crippen LogP contribution < -0.4 is 10.0 Å². The largest absolute Gasteiger partial charge is 0.315 e. The number of thiophene rings is 1. The van der Waals surface area contributed by atoms with E-state index in [1.165, 1.54) is 17.4 Å². The second-order valence-electron chi connectivity index (χ2n) is 4.40. The number of hydrogen-bond acceptors (Lipinski definition) is 4. The average molecular weight is 332 g/mol. The molecule has 1 aromatic heterocycles. The molecule has 0 bridgehead atoms. The minimum absolute atomic E-state index is 0.0188. The molecular weight excluding hydrogens is 318 g/mol. The third-order valence-corrected chi connectivity index (χ3v) is 5.42. The summed E-state index contributed by atoms with van der Waals surface area (Å²) in [6.07, 6.45) is 0. The molecule has 0 atom stereocenters. The predicted octanol–water partition coefficient (Wildman–Crippen LogP) is 2.85. The van der Waals surface area contributed by atoms with Crippen molar-refractivity contribution in [3.8, 4) is 0 Å². The maximum Gasteiger partial charge on any atom is 0.263 e. The smallest absolute Gasteiger partial charge is 0.263 e. The number of aryl methyl sites for hydroxylation is 1. The van der Waals surface area contributed by atoms with Crippen LogP contribution in [0.15, 0.2) is 29.2 Å². The Kier molecular flexibility index (Phi) is 4.60. The van der Waals surface area contributed by atoms with E-state index >= 15 is 0 Å². The third kappa shape index (κ3) is 3.58. The van der Waals surface area contributed by atoms with E-state index in [-0.39, 0.29) is 10.6 Å². The summed E-state index contributed by atoms with van der Waals surface area (Å²) in [6, 6.07) is 4.42. The Morgan fingerprint density at radius 3 is 2.52 bits per heavy atom. The third-order valence-electron chi connectivity index (χ3n) is 2.74. The molecule has 114 valence electrons. The van der Waals surface area contributed by atoms with Crippen molar-refractivity contribution >= 4 is 27.0 Å². The quantitative estimate of drug-likeness (QED) is 0.885. The second kappa shape index (κ2) is 6.08. The van der Waals surface area contributed by atoms with Gasteiger partial charge in [0.05, 0.1) is 5.69 Å². The molecule has 4 nitrogen and oxygen atoms in total. The molecule has 1 aromatic carbocycles. The van der Waals surface area contributed by atoms with Crippen LogP contribution in [0.5, 0.6) is 0 Å². The van der Waals surface area contributed by atoms with E-state index in [0.717, 1.165) is 17.0 Å². The van der Waals surface area contributed by atoms with Crippen LogP contribution in [0.4, 0.5) is 14.5 Å². The molecule has 0 aliphatic carbocycles. The van der Waals surface area contributed by atoms with Crippen molar-refractivity contribution in [3.63, 3.8) is 0 Å². The highest BCUT2D eigenvalue weighted by molar-refractivity contribution is 7.93. The molecule has 0 amide bonds. The van der Waals surface area contributed by atoms with Crippen molar-refractivity contribution in [2.75, 3.05) is 11.8 Å². The monoisotopic (exact) mass is 332 g/mol. The van der Waals surface area contributed by atoms with Crippen LogP contribution >= 0.6 is 11.3 Å². The first-order valence-electron chi connectivity index (χ1n) is 6.05. The summed E-state index contributed by atoms with van der Waals surface area (Å²) >= 11 is 1.37. The van der Waals surface area contributed by atoms with Gasteiger partial charge in [0, 0.05) is 22.4 Å². The zero-order chi connectivity index (χ0) is 15.6. The van der Waals surface area contributed by atoms with Gasteiger partial charge in [0.1, 0.15) is 4.90 Å². The number of benzene rings is 1. The Bertz CT molecular complexity index is 758.